The van der Waals surface area contributed by atoms with E-state index in [-0.39, 0.29) is 5.41 Å². The first kappa shape index (κ1) is 16.9. The third-order valence-electron chi connectivity index (χ3n) is 5.23. The van der Waals surface area contributed by atoms with Crippen molar-refractivity contribution in [1.29, 1.82) is 0 Å². The highest BCUT2D eigenvalue weighted by molar-refractivity contribution is 6.31. The van der Waals surface area contributed by atoms with E-state index in [1.165, 1.54) is 5.56 Å². The van der Waals surface area contributed by atoms with Gasteiger partial charge in [0.1, 0.15) is 5.84 Å². The number of benzene rings is 2. The number of piperidine rings is 1. The summed E-state index contributed by atoms with van der Waals surface area (Å²) in [6, 6.07) is 14.0. The molecule has 0 aromatic heterocycles. The molecule has 0 amide bonds. The normalized spacial score (nSPS) is 20.3. The van der Waals surface area contributed by atoms with E-state index in [9.17, 15) is 0 Å². The Bertz CT molecular complexity index is 810. The van der Waals surface area contributed by atoms with Crippen molar-refractivity contribution < 1.29 is 0 Å². The van der Waals surface area contributed by atoms with E-state index in [2.05, 4.69) is 22.8 Å². The monoisotopic (exact) mass is 373 g/mol. The fourth-order valence-corrected chi connectivity index (χ4v) is 4.24. The molecule has 1 fully saturated rings. The van der Waals surface area contributed by atoms with Crippen LogP contribution in [-0.4, -0.2) is 18.9 Å². The van der Waals surface area contributed by atoms with Crippen molar-refractivity contribution in [2.24, 2.45) is 10.4 Å². The fourth-order valence-electron chi connectivity index (χ4n) is 3.86. The second kappa shape index (κ2) is 6.99. The van der Waals surface area contributed by atoms with Gasteiger partial charge in [-0.1, -0.05) is 41.4 Å². The molecule has 2 aromatic rings. The van der Waals surface area contributed by atoms with Crippen LogP contribution in [-0.2, 0) is 13.0 Å². The Labute approximate surface area is 158 Å². The molecule has 2 aliphatic heterocycles. The molecule has 2 heterocycles. The number of nitrogens with one attached hydrogen (secondary N) is 2. The zero-order valence-corrected chi connectivity index (χ0v) is 15.5. The van der Waals surface area contributed by atoms with Crippen molar-refractivity contribution in [2.45, 2.75) is 25.8 Å². The lowest BCUT2D eigenvalue weighted by Crippen LogP contribution is -2.48. The van der Waals surface area contributed by atoms with Gasteiger partial charge in [0.2, 0.25) is 0 Å². The van der Waals surface area contributed by atoms with Crippen LogP contribution >= 0.6 is 23.2 Å². The maximum Gasteiger partial charge on any atom is 0.108 e. The quantitative estimate of drug-likeness (QED) is 0.782. The zero-order valence-electron chi connectivity index (χ0n) is 14.0. The maximum absolute atomic E-state index is 6.19. The number of anilines is 1. The predicted molar refractivity (Wildman–Crippen MR) is 106 cm³/mol. The van der Waals surface area contributed by atoms with E-state index in [0.29, 0.717) is 6.54 Å². The Morgan fingerprint density at radius 3 is 2.60 bits per heavy atom. The molecule has 0 atom stereocenters. The summed E-state index contributed by atoms with van der Waals surface area (Å²) in [6.45, 7) is 2.69. The molecule has 3 nitrogen and oxygen atoms in total. The van der Waals surface area contributed by atoms with Crippen molar-refractivity contribution in [3.63, 3.8) is 0 Å². The van der Waals surface area contributed by atoms with E-state index in [4.69, 9.17) is 28.2 Å². The summed E-state index contributed by atoms with van der Waals surface area (Å²) >= 11 is 12.3. The van der Waals surface area contributed by atoms with Crippen LogP contribution < -0.4 is 10.6 Å². The molecule has 25 heavy (non-hydrogen) atoms. The molecule has 0 unspecified atom stereocenters. The molecule has 4 rings (SSSR count). The highest BCUT2D eigenvalue weighted by Gasteiger charge is 2.41. The number of nitrogens with zero attached hydrogens (tertiary/aromatic N) is 1. The summed E-state index contributed by atoms with van der Waals surface area (Å²) in [4.78, 5) is 4.98. The van der Waals surface area contributed by atoms with Crippen LogP contribution in [0.4, 0.5) is 5.69 Å². The van der Waals surface area contributed by atoms with Crippen molar-refractivity contribution >= 4 is 34.7 Å². The van der Waals surface area contributed by atoms with Gasteiger partial charge in [-0.2, -0.15) is 0 Å². The Morgan fingerprint density at radius 2 is 1.80 bits per heavy atom. The first-order valence-corrected chi connectivity index (χ1v) is 9.46. The van der Waals surface area contributed by atoms with E-state index < -0.39 is 0 Å². The number of amidine groups is 1. The molecule has 0 saturated carbocycles. The van der Waals surface area contributed by atoms with Crippen LogP contribution in [0, 0.1) is 5.41 Å². The lowest BCUT2D eigenvalue weighted by Gasteiger charge is -2.43. The second-order valence-corrected chi connectivity index (χ2v) is 7.80. The molecule has 130 valence electrons. The number of halogens is 2. The minimum atomic E-state index is 0.0880. The summed E-state index contributed by atoms with van der Waals surface area (Å²) in [5, 5.41) is 8.56. The molecule has 2 aliphatic rings. The average Bonchev–Trinajstić information content (AvgIpc) is 2.61. The molecule has 1 spiro atoms. The number of rotatable bonds is 2. The number of hydrogen-bond acceptors (Lipinski definition) is 2. The molecular formula is C20H21Cl2N3. The topological polar surface area (TPSA) is 36.4 Å². The molecule has 2 N–H and O–H groups in total. The van der Waals surface area contributed by atoms with Gasteiger partial charge in [0.25, 0.3) is 0 Å². The largest absolute Gasteiger partial charge is 0.343 e. The number of fused-ring (bicyclic) bond motifs is 1. The van der Waals surface area contributed by atoms with Gasteiger partial charge in [-0.25, -0.2) is 0 Å². The lowest BCUT2D eigenvalue weighted by atomic mass is 9.71. The van der Waals surface area contributed by atoms with Crippen molar-refractivity contribution in [3.05, 3.63) is 63.6 Å². The molecule has 5 heteroatoms. The third-order valence-corrected chi connectivity index (χ3v) is 5.70. The Balaban J connectivity index is 1.68. The highest BCUT2D eigenvalue weighted by atomic mass is 35.5. The molecule has 1 saturated heterocycles. The van der Waals surface area contributed by atoms with Gasteiger partial charge in [0.15, 0.2) is 0 Å². The van der Waals surface area contributed by atoms with Crippen LogP contribution in [0.15, 0.2) is 47.5 Å². The van der Waals surface area contributed by atoms with Crippen molar-refractivity contribution in [2.75, 3.05) is 18.4 Å². The van der Waals surface area contributed by atoms with Gasteiger partial charge in [-0.15, -0.1) is 0 Å². The highest BCUT2D eigenvalue weighted by Crippen LogP contribution is 2.41. The summed E-state index contributed by atoms with van der Waals surface area (Å²) in [5.74, 6) is 1.09. The van der Waals surface area contributed by atoms with Crippen LogP contribution in [0.25, 0.3) is 0 Å². The van der Waals surface area contributed by atoms with E-state index in [1.54, 1.807) is 0 Å². The van der Waals surface area contributed by atoms with Gasteiger partial charge in [-0.05, 0) is 67.7 Å². The lowest BCUT2D eigenvalue weighted by molar-refractivity contribution is 0.293. The molecule has 0 bridgehead atoms. The predicted octanol–water partition coefficient (Wildman–Crippen LogP) is 4.93. The minimum Gasteiger partial charge on any atom is -0.343 e. The van der Waals surface area contributed by atoms with E-state index in [1.807, 2.05) is 30.3 Å². The zero-order chi connectivity index (χ0) is 17.3. The standard InChI is InChI=1S/C20H21Cl2N3/c21-16-3-1-2-14(10-16)13-24-19-20(6-8-23-9-7-20)12-15-4-5-17(22)11-18(15)25-19/h1-5,10-11,23H,6-9,12-13H2,(H,24,25). The van der Waals surface area contributed by atoms with Gasteiger partial charge in [0.05, 0.1) is 6.54 Å². The third kappa shape index (κ3) is 3.55. The van der Waals surface area contributed by atoms with E-state index in [0.717, 1.165) is 59.5 Å². The smallest absolute Gasteiger partial charge is 0.108 e. The van der Waals surface area contributed by atoms with Gasteiger partial charge in [-0.3, -0.25) is 4.99 Å². The molecule has 2 aromatic carbocycles. The Kier molecular flexibility index (Phi) is 4.72. The first-order chi connectivity index (χ1) is 12.1. The maximum atomic E-state index is 6.19. The SMILES string of the molecule is Clc1cccc(CN=C2Nc3cc(Cl)ccc3CC23CCNCC3)c1. The summed E-state index contributed by atoms with van der Waals surface area (Å²) in [5.41, 5.74) is 3.63. The van der Waals surface area contributed by atoms with Crippen LogP contribution in [0.1, 0.15) is 24.0 Å². The summed E-state index contributed by atoms with van der Waals surface area (Å²) in [6.07, 6.45) is 3.20. The Hall–Kier alpha value is -1.55. The first-order valence-electron chi connectivity index (χ1n) is 8.70. The second-order valence-electron chi connectivity index (χ2n) is 6.93. The molecule has 0 radical (unpaired) electrons. The fraction of sp³-hybridized carbons (Fsp3) is 0.350. The molecular weight excluding hydrogens is 353 g/mol. The summed E-state index contributed by atoms with van der Waals surface area (Å²) in [7, 11) is 0. The average molecular weight is 374 g/mol. The van der Waals surface area contributed by atoms with Gasteiger partial charge >= 0.3 is 0 Å². The van der Waals surface area contributed by atoms with Crippen molar-refractivity contribution in [1.82, 2.24) is 5.32 Å². The van der Waals surface area contributed by atoms with Gasteiger partial charge in [0, 0.05) is 21.1 Å². The van der Waals surface area contributed by atoms with Crippen molar-refractivity contribution in [3.8, 4) is 0 Å². The van der Waals surface area contributed by atoms with Crippen LogP contribution in [0.2, 0.25) is 10.0 Å². The summed E-state index contributed by atoms with van der Waals surface area (Å²) < 4.78 is 0. The van der Waals surface area contributed by atoms with Gasteiger partial charge < -0.3 is 10.6 Å². The number of aliphatic imine (C=N–C) groups is 1. The van der Waals surface area contributed by atoms with Crippen LogP contribution in [0.5, 0.6) is 0 Å². The van der Waals surface area contributed by atoms with E-state index >= 15 is 0 Å². The molecule has 0 aliphatic carbocycles. The van der Waals surface area contributed by atoms with Crippen LogP contribution in [0.3, 0.4) is 0 Å². The number of hydrogen-bond donors (Lipinski definition) is 2. The minimum absolute atomic E-state index is 0.0880. The Morgan fingerprint density at radius 1 is 1.00 bits per heavy atom.